The van der Waals surface area contributed by atoms with E-state index in [1.165, 1.54) is 7.11 Å². The molecule has 2 aromatic heterocycles. The number of carbonyl (C=O) groups is 1. The molecule has 0 spiro atoms. The van der Waals surface area contributed by atoms with E-state index in [-0.39, 0.29) is 24.5 Å². The van der Waals surface area contributed by atoms with Gasteiger partial charge in [-0.25, -0.2) is 0 Å². The summed E-state index contributed by atoms with van der Waals surface area (Å²) < 4.78 is 12.2. The number of nitrogens with zero attached hydrogens (tertiary/aromatic N) is 3. The molecule has 1 aliphatic heterocycles. The summed E-state index contributed by atoms with van der Waals surface area (Å²) in [6.45, 7) is 1.83. The number of carbonyl (C=O) groups excluding carboxylic acids is 1. The molecule has 7 nitrogen and oxygen atoms in total. The molecule has 3 heterocycles. The number of hydrogen-bond acceptors (Lipinski definition) is 5. The van der Waals surface area contributed by atoms with Crippen molar-refractivity contribution in [1.29, 1.82) is 0 Å². The minimum absolute atomic E-state index is 0.0797. The van der Waals surface area contributed by atoms with Gasteiger partial charge in [0.25, 0.3) is 0 Å². The van der Waals surface area contributed by atoms with Crippen LogP contribution in [0.5, 0.6) is 0 Å². The summed E-state index contributed by atoms with van der Waals surface area (Å²) in [5, 5.41) is 3.99. The molecule has 0 radical (unpaired) electrons. The maximum absolute atomic E-state index is 11.7. The second kappa shape index (κ2) is 8.96. The lowest BCUT2D eigenvalue weighted by atomic mass is 10.0. The average molecular weight is 388 g/mol. The van der Waals surface area contributed by atoms with Gasteiger partial charge in [0.15, 0.2) is 5.11 Å². The third-order valence-corrected chi connectivity index (χ3v) is 5.04. The van der Waals surface area contributed by atoms with Crippen molar-refractivity contribution in [1.82, 2.24) is 19.8 Å². The Bertz CT molecular complexity index is 780. The monoisotopic (exact) mass is 388 g/mol. The first-order valence-electron chi connectivity index (χ1n) is 8.84. The second-order valence-electron chi connectivity index (χ2n) is 6.27. The van der Waals surface area contributed by atoms with Crippen LogP contribution in [0.15, 0.2) is 42.7 Å². The Morgan fingerprint density at radius 3 is 2.81 bits per heavy atom. The standard InChI is InChI=1S/C19H24N4O3S/c1-25-13-12-22-10-5-7-15(22)18-17(14-6-3-4-9-20-14)21-19(27)23(18)11-8-16(24)26-2/h3-7,9-10,17-18H,8,11-13H2,1-2H3,(H,21,27)/t17-,18+/m1/s1. The van der Waals surface area contributed by atoms with Crippen LogP contribution in [0.4, 0.5) is 0 Å². The Morgan fingerprint density at radius 1 is 1.26 bits per heavy atom. The molecule has 0 saturated carbocycles. The third kappa shape index (κ3) is 4.28. The van der Waals surface area contributed by atoms with Crippen molar-refractivity contribution in [2.24, 2.45) is 0 Å². The molecule has 0 unspecified atom stereocenters. The summed E-state index contributed by atoms with van der Waals surface area (Å²) in [4.78, 5) is 18.2. The lowest BCUT2D eigenvalue weighted by Crippen LogP contribution is -2.32. The number of thiocarbonyl (C=S) groups is 1. The topological polar surface area (TPSA) is 68.6 Å². The second-order valence-corrected chi connectivity index (χ2v) is 6.65. The first-order valence-corrected chi connectivity index (χ1v) is 9.25. The summed E-state index contributed by atoms with van der Waals surface area (Å²) in [5.41, 5.74) is 2.00. The molecule has 27 heavy (non-hydrogen) atoms. The highest BCUT2D eigenvalue weighted by atomic mass is 32.1. The predicted octanol–water partition coefficient (Wildman–Crippen LogP) is 2.07. The molecule has 0 bridgehead atoms. The number of hydrogen-bond donors (Lipinski definition) is 1. The van der Waals surface area contributed by atoms with E-state index in [1.54, 1.807) is 13.3 Å². The van der Waals surface area contributed by atoms with E-state index in [0.29, 0.717) is 18.3 Å². The smallest absolute Gasteiger partial charge is 0.307 e. The van der Waals surface area contributed by atoms with E-state index in [2.05, 4.69) is 20.9 Å². The largest absolute Gasteiger partial charge is 0.469 e. The molecule has 1 aliphatic rings. The molecule has 8 heteroatoms. The first-order chi connectivity index (χ1) is 13.2. The Labute approximate surface area is 164 Å². The Morgan fingerprint density at radius 2 is 2.11 bits per heavy atom. The van der Waals surface area contributed by atoms with Crippen LogP contribution in [-0.2, 0) is 20.8 Å². The number of esters is 1. The minimum Gasteiger partial charge on any atom is -0.469 e. The summed E-state index contributed by atoms with van der Waals surface area (Å²) in [5.74, 6) is -0.257. The van der Waals surface area contributed by atoms with Crippen LogP contribution in [-0.4, -0.2) is 52.9 Å². The van der Waals surface area contributed by atoms with Crippen LogP contribution < -0.4 is 5.32 Å². The Hall–Kier alpha value is -2.45. The number of ether oxygens (including phenoxy) is 2. The average Bonchev–Trinajstić information content (AvgIpc) is 3.28. The van der Waals surface area contributed by atoms with Crippen molar-refractivity contribution in [2.45, 2.75) is 25.0 Å². The molecule has 144 valence electrons. The van der Waals surface area contributed by atoms with E-state index in [4.69, 9.17) is 21.7 Å². The maximum atomic E-state index is 11.7. The van der Waals surface area contributed by atoms with Crippen molar-refractivity contribution in [3.05, 3.63) is 54.1 Å². The lowest BCUT2D eigenvalue weighted by molar-refractivity contribution is -0.140. The number of pyridine rings is 1. The molecule has 2 aromatic rings. The fourth-order valence-electron chi connectivity index (χ4n) is 3.37. The van der Waals surface area contributed by atoms with E-state index in [0.717, 1.165) is 17.9 Å². The lowest BCUT2D eigenvalue weighted by Gasteiger charge is -2.28. The van der Waals surface area contributed by atoms with Gasteiger partial charge in [-0.1, -0.05) is 6.07 Å². The molecule has 1 N–H and O–H groups in total. The maximum Gasteiger partial charge on any atom is 0.307 e. The zero-order valence-electron chi connectivity index (χ0n) is 15.5. The summed E-state index contributed by atoms with van der Waals surface area (Å²) in [6.07, 6.45) is 4.07. The van der Waals surface area contributed by atoms with Crippen molar-refractivity contribution in [3.8, 4) is 0 Å². The van der Waals surface area contributed by atoms with E-state index < -0.39 is 0 Å². The van der Waals surface area contributed by atoms with Gasteiger partial charge < -0.3 is 24.3 Å². The molecule has 3 rings (SSSR count). The SMILES string of the molecule is COCCn1cccc1[C@H]1[C@@H](c2ccccn2)NC(=S)N1CCC(=O)OC. The quantitative estimate of drug-likeness (QED) is 0.548. The predicted molar refractivity (Wildman–Crippen MR) is 105 cm³/mol. The van der Waals surface area contributed by atoms with Crippen molar-refractivity contribution >= 4 is 23.3 Å². The highest BCUT2D eigenvalue weighted by molar-refractivity contribution is 7.80. The van der Waals surface area contributed by atoms with Gasteiger partial charge in [0.2, 0.25) is 0 Å². The molecule has 1 fully saturated rings. The van der Waals surface area contributed by atoms with E-state index in [1.807, 2.05) is 35.4 Å². The van der Waals surface area contributed by atoms with Gasteiger partial charge in [0.1, 0.15) is 0 Å². The zero-order chi connectivity index (χ0) is 19.2. The van der Waals surface area contributed by atoms with E-state index in [9.17, 15) is 4.79 Å². The fraction of sp³-hybridized carbons (Fsp3) is 0.421. The van der Waals surface area contributed by atoms with Gasteiger partial charge in [-0.2, -0.15) is 0 Å². The Kier molecular flexibility index (Phi) is 6.41. The highest BCUT2D eigenvalue weighted by Crippen LogP contribution is 2.38. The molecule has 2 atom stereocenters. The molecular formula is C19H24N4O3S. The van der Waals surface area contributed by atoms with E-state index >= 15 is 0 Å². The molecule has 1 saturated heterocycles. The van der Waals surface area contributed by atoms with Gasteiger partial charge in [-0.15, -0.1) is 0 Å². The number of rotatable bonds is 8. The van der Waals surface area contributed by atoms with Crippen LogP contribution in [0.2, 0.25) is 0 Å². The number of aromatic nitrogens is 2. The van der Waals surface area contributed by atoms with Crippen molar-refractivity contribution in [2.75, 3.05) is 27.4 Å². The van der Waals surface area contributed by atoms with Crippen molar-refractivity contribution in [3.63, 3.8) is 0 Å². The fourth-order valence-corrected chi connectivity index (χ4v) is 3.70. The molecule has 0 aromatic carbocycles. The van der Waals surface area contributed by atoms with Gasteiger partial charge in [0.05, 0.1) is 37.9 Å². The third-order valence-electron chi connectivity index (χ3n) is 4.69. The van der Waals surface area contributed by atoms with Crippen LogP contribution in [0.3, 0.4) is 0 Å². The van der Waals surface area contributed by atoms with Crippen LogP contribution in [0, 0.1) is 0 Å². The highest BCUT2D eigenvalue weighted by Gasteiger charge is 2.41. The molecule has 0 aliphatic carbocycles. The zero-order valence-corrected chi connectivity index (χ0v) is 16.3. The first kappa shape index (κ1) is 19.3. The number of nitrogens with one attached hydrogen (secondary N) is 1. The van der Waals surface area contributed by atoms with Gasteiger partial charge >= 0.3 is 5.97 Å². The summed E-state index contributed by atoms with van der Waals surface area (Å²) in [7, 11) is 3.09. The van der Waals surface area contributed by atoms with Crippen LogP contribution >= 0.6 is 12.2 Å². The molecule has 0 amide bonds. The Balaban J connectivity index is 1.94. The summed E-state index contributed by atoms with van der Waals surface area (Å²) >= 11 is 5.59. The number of methoxy groups -OCH3 is 2. The summed E-state index contributed by atoms with van der Waals surface area (Å²) in [6, 6.07) is 9.75. The molecular weight excluding hydrogens is 364 g/mol. The normalized spacial score (nSPS) is 19.2. The minimum atomic E-state index is -0.257. The van der Waals surface area contributed by atoms with Gasteiger partial charge in [0, 0.05) is 38.3 Å². The van der Waals surface area contributed by atoms with Crippen molar-refractivity contribution < 1.29 is 14.3 Å². The van der Waals surface area contributed by atoms with Crippen LogP contribution in [0.25, 0.3) is 0 Å². The van der Waals surface area contributed by atoms with Gasteiger partial charge in [-0.05, 0) is 36.5 Å². The van der Waals surface area contributed by atoms with Gasteiger partial charge in [-0.3, -0.25) is 9.78 Å². The van der Waals surface area contributed by atoms with Crippen LogP contribution in [0.1, 0.15) is 29.9 Å².